The van der Waals surface area contributed by atoms with Crippen LogP contribution in [0, 0.1) is 11.8 Å². The van der Waals surface area contributed by atoms with E-state index in [2.05, 4.69) is 12.2 Å². The largest absolute Gasteiger partial charge is 0.391 e. The van der Waals surface area contributed by atoms with Crippen molar-refractivity contribution < 1.29 is 14.7 Å². The number of nitrogens with one attached hydrogen (secondary N) is 1. The molecule has 2 amide bonds. The van der Waals surface area contributed by atoms with Crippen molar-refractivity contribution in [2.45, 2.75) is 58.1 Å². The van der Waals surface area contributed by atoms with Gasteiger partial charge in [-0.2, -0.15) is 0 Å². The maximum absolute atomic E-state index is 12.5. The number of hydrogen-bond donors (Lipinski definition) is 2. The second kappa shape index (κ2) is 6.57. The van der Waals surface area contributed by atoms with Crippen LogP contribution in [-0.4, -0.2) is 47.1 Å². The third-order valence-electron chi connectivity index (χ3n) is 4.32. The zero-order valence-corrected chi connectivity index (χ0v) is 12.5. The minimum atomic E-state index is -0.856. The molecule has 1 heterocycles. The lowest BCUT2D eigenvalue weighted by atomic mass is 10.0. The molecule has 3 atom stereocenters. The van der Waals surface area contributed by atoms with Crippen LogP contribution >= 0.6 is 0 Å². The fourth-order valence-electron chi connectivity index (χ4n) is 2.69. The predicted octanol–water partition coefficient (Wildman–Crippen LogP) is 0.911. The van der Waals surface area contributed by atoms with Crippen molar-refractivity contribution in [2.75, 3.05) is 13.1 Å². The van der Waals surface area contributed by atoms with Crippen molar-refractivity contribution in [1.82, 2.24) is 10.2 Å². The number of aliphatic hydroxyl groups is 1. The summed E-state index contributed by atoms with van der Waals surface area (Å²) < 4.78 is 0. The lowest BCUT2D eigenvalue weighted by Gasteiger charge is -2.28. The molecular formula is C15H26N2O3. The number of nitrogens with zero attached hydrogens (tertiary/aromatic N) is 1. The molecule has 1 aliphatic carbocycles. The number of carbonyl (C=O) groups is 2. The Morgan fingerprint density at radius 1 is 1.20 bits per heavy atom. The lowest BCUT2D eigenvalue weighted by Crippen LogP contribution is -2.54. The molecule has 0 aromatic rings. The van der Waals surface area contributed by atoms with Crippen LogP contribution in [0.5, 0.6) is 0 Å². The van der Waals surface area contributed by atoms with Gasteiger partial charge < -0.3 is 15.3 Å². The molecule has 0 spiro atoms. The van der Waals surface area contributed by atoms with Gasteiger partial charge in [0.25, 0.3) is 0 Å². The van der Waals surface area contributed by atoms with Crippen LogP contribution in [0.15, 0.2) is 0 Å². The summed E-state index contributed by atoms with van der Waals surface area (Å²) in [4.78, 5) is 26.2. The highest BCUT2D eigenvalue weighted by Crippen LogP contribution is 2.29. The fourth-order valence-corrected chi connectivity index (χ4v) is 2.69. The smallest absolute Gasteiger partial charge is 0.247 e. The Balaban J connectivity index is 1.96. The minimum Gasteiger partial charge on any atom is -0.391 e. The van der Waals surface area contributed by atoms with E-state index in [1.807, 2.05) is 0 Å². The van der Waals surface area contributed by atoms with Gasteiger partial charge in [0.15, 0.2) is 0 Å². The zero-order valence-electron chi connectivity index (χ0n) is 12.5. The molecule has 1 saturated heterocycles. The molecule has 20 heavy (non-hydrogen) atoms. The standard InChI is InChI=1S/C15H26N2O3/c1-10-4-3-8-17(9-7-10)15(20)13(11(2)18)16-14(19)12-5-6-12/h10-13,18H,3-9H2,1-2H3,(H,16,19). The van der Waals surface area contributed by atoms with Crippen molar-refractivity contribution in [2.24, 2.45) is 11.8 Å². The number of amides is 2. The van der Waals surface area contributed by atoms with Crippen molar-refractivity contribution in [3.8, 4) is 0 Å². The van der Waals surface area contributed by atoms with E-state index in [1.54, 1.807) is 11.8 Å². The van der Waals surface area contributed by atoms with Crippen LogP contribution in [0.2, 0.25) is 0 Å². The third-order valence-corrected chi connectivity index (χ3v) is 4.32. The molecule has 1 saturated carbocycles. The normalized spacial score (nSPS) is 26.6. The molecular weight excluding hydrogens is 256 g/mol. The van der Waals surface area contributed by atoms with Crippen LogP contribution in [-0.2, 0) is 9.59 Å². The van der Waals surface area contributed by atoms with Crippen LogP contribution < -0.4 is 5.32 Å². The van der Waals surface area contributed by atoms with Crippen LogP contribution in [0.1, 0.15) is 46.0 Å². The first-order valence-electron chi connectivity index (χ1n) is 7.76. The maximum atomic E-state index is 12.5. The van der Waals surface area contributed by atoms with Gasteiger partial charge in [0.1, 0.15) is 6.04 Å². The average molecular weight is 282 g/mol. The molecule has 0 radical (unpaired) electrons. The van der Waals surface area contributed by atoms with Crippen LogP contribution in [0.25, 0.3) is 0 Å². The van der Waals surface area contributed by atoms with Gasteiger partial charge in [0, 0.05) is 19.0 Å². The summed E-state index contributed by atoms with van der Waals surface area (Å²) in [5, 5.41) is 12.6. The Kier molecular flexibility index (Phi) is 5.02. The zero-order chi connectivity index (χ0) is 14.7. The highest BCUT2D eigenvalue weighted by molar-refractivity contribution is 5.89. The van der Waals surface area contributed by atoms with Crippen molar-refractivity contribution in [1.29, 1.82) is 0 Å². The summed E-state index contributed by atoms with van der Waals surface area (Å²) in [5.41, 5.74) is 0. The summed E-state index contributed by atoms with van der Waals surface area (Å²) in [6, 6.07) is -0.795. The summed E-state index contributed by atoms with van der Waals surface area (Å²) in [5.74, 6) is 0.461. The molecule has 3 unspecified atom stereocenters. The number of likely N-dealkylation sites (tertiary alicyclic amines) is 1. The Morgan fingerprint density at radius 2 is 1.90 bits per heavy atom. The van der Waals surface area contributed by atoms with Gasteiger partial charge >= 0.3 is 0 Å². The number of aliphatic hydroxyl groups excluding tert-OH is 1. The molecule has 2 fully saturated rings. The molecule has 5 nitrogen and oxygen atoms in total. The first-order chi connectivity index (χ1) is 9.49. The van der Waals surface area contributed by atoms with Crippen molar-refractivity contribution in [3.63, 3.8) is 0 Å². The Bertz CT molecular complexity index is 366. The number of rotatable bonds is 4. The molecule has 2 N–H and O–H groups in total. The highest BCUT2D eigenvalue weighted by Gasteiger charge is 2.36. The quantitative estimate of drug-likeness (QED) is 0.805. The molecule has 0 aromatic carbocycles. The second-order valence-corrected chi connectivity index (χ2v) is 6.36. The summed E-state index contributed by atoms with van der Waals surface area (Å²) in [6.07, 6.45) is 4.06. The first kappa shape index (κ1) is 15.3. The van der Waals surface area contributed by atoms with E-state index in [-0.39, 0.29) is 17.7 Å². The minimum absolute atomic E-state index is 0.0493. The van der Waals surface area contributed by atoms with E-state index in [4.69, 9.17) is 0 Å². The number of hydrogen-bond acceptors (Lipinski definition) is 3. The van der Waals surface area contributed by atoms with Gasteiger partial charge in [-0.05, 0) is 44.9 Å². The monoisotopic (exact) mass is 282 g/mol. The second-order valence-electron chi connectivity index (χ2n) is 6.36. The number of carbonyl (C=O) groups excluding carboxylic acids is 2. The molecule has 2 rings (SSSR count). The van der Waals surface area contributed by atoms with E-state index in [9.17, 15) is 14.7 Å². The van der Waals surface area contributed by atoms with Crippen molar-refractivity contribution >= 4 is 11.8 Å². The molecule has 1 aliphatic heterocycles. The predicted molar refractivity (Wildman–Crippen MR) is 75.9 cm³/mol. The molecule has 0 aromatic heterocycles. The Morgan fingerprint density at radius 3 is 2.50 bits per heavy atom. The van der Waals surface area contributed by atoms with Gasteiger partial charge in [0.05, 0.1) is 6.10 Å². The molecule has 0 bridgehead atoms. The topological polar surface area (TPSA) is 69.6 Å². The summed E-state index contributed by atoms with van der Waals surface area (Å²) in [7, 11) is 0. The average Bonchev–Trinajstić information content (AvgIpc) is 3.21. The lowest BCUT2D eigenvalue weighted by molar-refractivity contribution is -0.139. The van der Waals surface area contributed by atoms with Crippen molar-refractivity contribution in [3.05, 3.63) is 0 Å². The summed E-state index contributed by atoms with van der Waals surface area (Å²) in [6.45, 7) is 5.22. The first-order valence-corrected chi connectivity index (χ1v) is 7.76. The Labute approximate surface area is 120 Å². The van der Waals surface area contributed by atoms with E-state index in [0.29, 0.717) is 5.92 Å². The van der Waals surface area contributed by atoms with E-state index in [0.717, 1.165) is 45.2 Å². The van der Waals surface area contributed by atoms with Crippen LogP contribution in [0.3, 0.4) is 0 Å². The maximum Gasteiger partial charge on any atom is 0.247 e. The van der Waals surface area contributed by atoms with E-state index < -0.39 is 12.1 Å². The molecule has 114 valence electrons. The van der Waals surface area contributed by atoms with E-state index in [1.165, 1.54) is 0 Å². The summed E-state index contributed by atoms with van der Waals surface area (Å²) >= 11 is 0. The SMILES string of the molecule is CC1CCCN(C(=O)C(NC(=O)C2CC2)C(C)O)CC1. The third kappa shape index (κ3) is 3.95. The van der Waals surface area contributed by atoms with Gasteiger partial charge in [-0.15, -0.1) is 0 Å². The van der Waals surface area contributed by atoms with E-state index >= 15 is 0 Å². The van der Waals surface area contributed by atoms with Gasteiger partial charge in [-0.25, -0.2) is 0 Å². The molecule has 2 aliphatic rings. The Hall–Kier alpha value is -1.10. The van der Waals surface area contributed by atoms with Gasteiger partial charge in [0.2, 0.25) is 11.8 Å². The van der Waals surface area contributed by atoms with Crippen LogP contribution in [0.4, 0.5) is 0 Å². The molecule has 5 heteroatoms. The fraction of sp³-hybridized carbons (Fsp3) is 0.867. The van der Waals surface area contributed by atoms with Gasteiger partial charge in [-0.1, -0.05) is 6.92 Å². The van der Waals surface area contributed by atoms with Gasteiger partial charge in [-0.3, -0.25) is 9.59 Å². The highest BCUT2D eigenvalue weighted by atomic mass is 16.3.